The minimum atomic E-state index is -4.15. The number of hydrogen-bond donors (Lipinski definition) is 2. The number of anilines is 2. The number of hydrogen-bond acceptors (Lipinski definition) is 5. The van der Waals surface area contributed by atoms with Gasteiger partial charge in [-0.1, -0.05) is 13.0 Å². The largest absolute Gasteiger partial charge is 0.334 e. The van der Waals surface area contributed by atoms with Crippen molar-refractivity contribution in [3.63, 3.8) is 0 Å². The average Bonchev–Trinajstić information content (AvgIpc) is 3.53. The third kappa shape index (κ3) is 4.91. The Balaban J connectivity index is 1.37. The first-order valence-electron chi connectivity index (χ1n) is 12.7. The van der Waals surface area contributed by atoms with Crippen LogP contribution in [0.5, 0.6) is 0 Å². The van der Waals surface area contributed by atoms with E-state index in [1.54, 1.807) is 17.9 Å². The highest BCUT2D eigenvalue weighted by Gasteiger charge is 2.33. The second-order valence-electron chi connectivity index (χ2n) is 10.5. The predicted octanol–water partition coefficient (Wildman–Crippen LogP) is 3.00. The maximum atomic E-state index is 13.6. The number of nitrogens with zero attached hydrogens (tertiary/aromatic N) is 4. The minimum absolute atomic E-state index is 0.0618. The van der Waals surface area contributed by atoms with Crippen molar-refractivity contribution >= 4 is 27.6 Å². The maximum absolute atomic E-state index is 13.6. The summed E-state index contributed by atoms with van der Waals surface area (Å²) < 4.78 is 32.3. The van der Waals surface area contributed by atoms with Crippen molar-refractivity contribution in [2.45, 2.75) is 64.3 Å². The van der Waals surface area contributed by atoms with Gasteiger partial charge in [-0.05, 0) is 86.6 Å². The second-order valence-corrected chi connectivity index (χ2v) is 12.1. The Kier molecular flexibility index (Phi) is 6.52. The van der Waals surface area contributed by atoms with Gasteiger partial charge < -0.3 is 10.2 Å². The first kappa shape index (κ1) is 24.1. The fourth-order valence-corrected chi connectivity index (χ4v) is 7.14. The lowest BCUT2D eigenvalue weighted by Crippen LogP contribution is -2.52. The Labute approximate surface area is 208 Å². The number of rotatable bonds is 6. The van der Waals surface area contributed by atoms with Crippen molar-refractivity contribution in [2.75, 3.05) is 29.8 Å². The zero-order chi connectivity index (χ0) is 24.7. The van der Waals surface area contributed by atoms with Gasteiger partial charge in [0.1, 0.15) is 0 Å². The first-order valence-corrected chi connectivity index (χ1v) is 14.1. The zero-order valence-electron chi connectivity index (χ0n) is 20.9. The number of carbonyl (C=O) groups excluding carboxylic acids is 1. The number of benzene rings is 1. The van der Waals surface area contributed by atoms with Gasteiger partial charge in [0.25, 0.3) is 0 Å². The van der Waals surface area contributed by atoms with Crippen LogP contribution < -0.4 is 14.3 Å². The van der Waals surface area contributed by atoms with E-state index in [2.05, 4.69) is 33.0 Å². The highest BCUT2D eigenvalue weighted by atomic mass is 32.2. The van der Waals surface area contributed by atoms with Gasteiger partial charge in [-0.3, -0.25) is 4.68 Å². The van der Waals surface area contributed by atoms with Crippen LogP contribution in [0.3, 0.4) is 0 Å². The predicted molar refractivity (Wildman–Crippen MR) is 137 cm³/mol. The van der Waals surface area contributed by atoms with E-state index in [-0.39, 0.29) is 12.6 Å². The van der Waals surface area contributed by atoms with E-state index in [1.807, 2.05) is 7.05 Å². The number of nitrogens with one attached hydrogen (secondary N) is 2. The van der Waals surface area contributed by atoms with Crippen molar-refractivity contribution in [3.8, 4) is 0 Å². The lowest BCUT2D eigenvalue weighted by molar-refractivity contribution is 0.151. The summed E-state index contributed by atoms with van der Waals surface area (Å²) in [4.78, 5) is 15.3. The van der Waals surface area contributed by atoms with Crippen LogP contribution in [0.4, 0.5) is 16.2 Å². The van der Waals surface area contributed by atoms with Crippen molar-refractivity contribution < 1.29 is 13.2 Å². The van der Waals surface area contributed by atoms with E-state index in [4.69, 9.17) is 0 Å². The Morgan fingerprint density at radius 1 is 1.11 bits per heavy atom. The first-order chi connectivity index (χ1) is 16.7. The lowest BCUT2D eigenvalue weighted by atomic mass is 9.95. The molecule has 2 amide bonds. The monoisotopic (exact) mass is 500 g/mol. The Bertz CT molecular complexity index is 1190. The number of amides is 2. The molecule has 9 nitrogen and oxygen atoms in total. The van der Waals surface area contributed by atoms with Crippen molar-refractivity contribution in [2.24, 2.45) is 13.0 Å². The molecular formula is C25H36N6O3S. The van der Waals surface area contributed by atoms with Crippen LogP contribution in [0, 0.1) is 5.92 Å². The van der Waals surface area contributed by atoms with Gasteiger partial charge >= 0.3 is 16.2 Å². The number of aryl methyl sites for hydroxylation is 3. The summed E-state index contributed by atoms with van der Waals surface area (Å²) in [7, 11) is -0.372. The molecule has 2 heterocycles. The molecule has 2 aliphatic carbocycles. The highest BCUT2D eigenvalue weighted by molar-refractivity contribution is 7.91. The third-order valence-electron chi connectivity index (χ3n) is 7.79. The molecule has 2 aromatic rings. The molecule has 2 N–H and O–H groups in total. The third-order valence-corrected chi connectivity index (χ3v) is 9.18. The quantitative estimate of drug-likeness (QED) is 0.635. The molecule has 190 valence electrons. The summed E-state index contributed by atoms with van der Waals surface area (Å²) in [5.41, 5.74) is 6.18. The van der Waals surface area contributed by atoms with Crippen molar-refractivity contribution in [1.82, 2.24) is 19.4 Å². The number of aromatic nitrogens is 2. The molecule has 1 fully saturated rings. The van der Waals surface area contributed by atoms with Crippen LogP contribution in [0.15, 0.2) is 18.5 Å². The van der Waals surface area contributed by atoms with Crippen LogP contribution in [0.2, 0.25) is 0 Å². The van der Waals surface area contributed by atoms with E-state index < -0.39 is 16.2 Å². The molecule has 0 saturated carbocycles. The van der Waals surface area contributed by atoms with Crippen LogP contribution in [-0.4, -0.2) is 55.3 Å². The molecular weight excluding hydrogens is 464 g/mol. The van der Waals surface area contributed by atoms with E-state index in [1.165, 1.54) is 32.8 Å². The van der Waals surface area contributed by atoms with Gasteiger partial charge in [-0.25, -0.2) is 13.8 Å². The zero-order valence-corrected chi connectivity index (χ0v) is 21.7. The van der Waals surface area contributed by atoms with Gasteiger partial charge in [-0.15, -0.1) is 0 Å². The second kappa shape index (κ2) is 9.46. The van der Waals surface area contributed by atoms with Gasteiger partial charge in [0, 0.05) is 31.5 Å². The van der Waals surface area contributed by atoms with Crippen LogP contribution in [0.25, 0.3) is 0 Å². The normalized spacial score (nSPS) is 22.0. The number of likely N-dealkylation sites (N-methyl/N-ethyl adjacent to an activating group) is 1. The molecule has 0 spiro atoms. The number of urea groups is 1. The molecule has 1 saturated heterocycles. The minimum Gasteiger partial charge on any atom is -0.307 e. The van der Waals surface area contributed by atoms with Crippen LogP contribution >= 0.6 is 0 Å². The summed E-state index contributed by atoms with van der Waals surface area (Å²) in [5.74, 6) is 0.581. The number of carbonyl (C=O) groups is 1. The highest BCUT2D eigenvalue weighted by Crippen LogP contribution is 2.38. The maximum Gasteiger partial charge on any atom is 0.334 e. The molecule has 35 heavy (non-hydrogen) atoms. The fraction of sp³-hybridized carbons (Fsp3) is 0.600. The van der Waals surface area contributed by atoms with Crippen LogP contribution in [-0.2, 0) is 42.9 Å². The summed E-state index contributed by atoms with van der Waals surface area (Å²) in [6, 6.07) is 1.64. The standard InChI is InChI=1S/C25H36N6O3S/c1-17-10-11-20(29(2)14-17)16-31(21-13-26-30(3)15-21)35(33,34)28-25(32)27-24-22-8-4-6-18(22)12-19-7-5-9-23(19)24/h12-13,15,17,20H,4-11,14,16H2,1-3H3,(H2,27,28,32). The van der Waals surface area contributed by atoms with E-state index in [0.717, 1.165) is 63.6 Å². The molecule has 5 rings (SSSR count). The number of fused-ring (bicyclic) bond motifs is 2. The van der Waals surface area contributed by atoms with Gasteiger partial charge in [-0.2, -0.15) is 13.5 Å². The summed E-state index contributed by atoms with van der Waals surface area (Å²) in [5, 5.41) is 7.11. The molecule has 3 aliphatic rings. The molecule has 2 atom stereocenters. The molecule has 1 aliphatic heterocycles. The molecule has 2 unspecified atom stereocenters. The fourth-order valence-electron chi connectivity index (χ4n) is 6.01. The Morgan fingerprint density at radius 2 is 1.80 bits per heavy atom. The molecule has 0 radical (unpaired) electrons. The molecule has 10 heteroatoms. The molecule has 1 aromatic heterocycles. The van der Waals surface area contributed by atoms with Crippen molar-refractivity contribution in [1.29, 1.82) is 0 Å². The molecule has 0 bridgehead atoms. The van der Waals surface area contributed by atoms with E-state index in [0.29, 0.717) is 11.6 Å². The van der Waals surface area contributed by atoms with Gasteiger partial charge in [0.05, 0.1) is 18.4 Å². The van der Waals surface area contributed by atoms with Gasteiger partial charge in [0.2, 0.25) is 0 Å². The van der Waals surface area contributed by atoms with Gasteiger partial charge in [0.15, 0.2) is 0 Å². The van der Waals surface area contributed by atoms with Crippen LogP contribution in [0.1, 0.15) is 54.9 Å². The van der Waals surface area contributed by atoms with E-state index in [9.17, 15) is 13.2 Å². The topological polar surface area (TPSA) is 99.6 Å². The Hall–Kier alpha value is -2.59. The van der Waals surface area contributed by atoms with Crippen molar-refractivity contribution in [3.05, 3.63) is 40.7 Å². The summed E-state index contributed by atoms with van der Waals surface area (Å²) >= 11 is 0. The van der Waals surface area contributed by atoms with E-state index >= 15 is 0 Å². The smallest absolute Gasteiger partial charge is 0.307 e. The Morgan fingerprint density at radius 3 is 2.40 bits per heavy atom. The SMILES string of the molecule is CC1CCC(CN(c2cnn(C)c2)S(=O)(=O)NC(=O)Nc2c3c(cc4c2CCC4)CCC3)N(C)C1. The summed E-state index contributed by atoms with van der Waals surface area (Å²) in [6.07, 6.45) is 11.1. The number of piperidine rings is 1. The average molecular weight is 501 g/mol. The summed E-state index contributed by atoms with van der Waals surface area (Å²) in [6.45, 7) is 3.39. The lowest BCUT2D eigenvalue weighted by Gasteiger charge is -2.38. The molecule has 1 aromatic carbocycles. The number of likely N-dealkylation sites (tertiary alicyclic amines) is 1.